The van der Waals surface area contributed by atoms with Crippen molar-refractivity contribution in [3.8, 4) is 10.6 Å². The van der Waals surface area contributed by atoms with E-state index >= 15 is 0 Å². The Kier molecular flexibility index (Phi) is 5.18. The fourth-order valence-corrected chi connectivity index (χ4v) is 3.92. The van der Waals surface area contributed by atoms with Crippen LogP contribution >= 0.6 is 11.3 Å². The zero-order chi connectivity index (χ0) is 18.0. The number of nitrogens with zero attached hydrogens (tertiary/aromatic N) is 2. The number of aromatic nitrogens is 1. The van der Waals surface area contributed by atoms with E-state index in [4.69, 9.17) is 0 Å². The molecule has 1 atom stereocenters. The summed E-state index contributed by atoms with van der Waals surface area (Å²) in [7, 11) is 0. The zero-order valence-corrected chi connectivity index (χ0v) is 15.7. The molecule has 6 heteroatoms. The average Bonchev–Trinajstić information content (AvgIpc) is 3.10. The first-order chi connectivity index (χ1) is 12.0. The normalized spacial score (nSPS) is 17.2. The Bertz CT molecular complexity index is 780. The molecule has 1 aliphatic heterocycles. The number of nitrogens with one attached hydrogen (secondary N) is 1. The van der Waals surface area contributed by atoms with Crippen LogP contribution < -0.4 is 5.32 Å². The van der Waals surface area contributed by atoms with Crippen molar-refractivity contribution >= 4 is 23.2 Å². The van der Waals surface area contributed by atoms with Crippen LogP contribution in [0.1, 0.15) is 40.7 Å². The molecule has 5 nitrogen and oxygen atoms in total. The van der Waals surface area contributed by atoms with Crippen LogP contribution in [-0.4, -0.2) is 40.8 Å². The van der Waals surface area contributed by atoms with Gasteiger partial charge >= 0.3 is 0 Å². The van der Waals surface area contributed by atoms with Gasteiger partial charge in [0.15, 0.2) is 0 Å². The molecule has 1 fully saturated rings. The lowest BCUT2D eigenvalue weighted by molar-refractivity contribution is -0.127. The summed E-state index contributed by atoms with van der Waals surface area (Å²) in [5.41, 5.74) is 2.57. The molecule has 2 aromatic rings. The number of rotatable bonds is 5. The minimum Gasteiger partial charge on any atom is -0.347 e. The average molecular weight is 357 g/mol. The second-order valence-electron chi connectivity index (χ2n) is 6.46. The molecular formula is C19H23N3O2S. The molecule has 2 amide bonds. The summed E-state index contributed by atoms with van der Waals surface area (Å²) >= 11 is 1.63. The highest BCUT2D eigenvalue weighted by molar-refractivity contribution is 7.15. The van der Waals surface area contributed by atoms with E-state index in [0.717, 1.165) is 29.2 Å². The van der Waals surface area contributed by atoms with Crippen molar-refractivity contribution in [3.05, 3.63) is 40.4 Å². The second kappa shape index (κ2) is 7.35. The van der Waals surface area contributed by atoms with Crippen LogP contribution in [0.25, 0.3) is 10.6 Å². The Hall–Kier alpha value is -2.21. The molecule has 1 aliphatic rings. The monoisotopic (exact) mass is 357 g/mol. The van der Waals surface area contributed by atoms with E-state index in [1.165, 1.54) is 4.88 Å². The quantitative estimate of drug-likeness (QED) is 0.894. The van der Waals surface area contributed by atoms with Crippen molar-refractivity contribution in [1.29, 1.82) is 0 Å². The highest BCUT2D eigenvalue weighted by Gasteiger charge is 2.30. The summed E-state index contributed by atoms with van der Waals surface area (Å²) in [6.07, 6.45) is 1.32. The first-order valence-corrected chi connectivity index (χ1v) is 9.42. The van der Waals surface area contributed by atoms with Gasteiger partial charge in [-0.2, -0.15) is 0 Å². The number of aryl methyl sites for hydroxylation is 2. The lowest BCUT2D eigenvalue weighted by Crippen LogP contribution is -2.37. The van der Waals surface area contributed by atoms with E-state index < -0.39 is 0 Å². The zero-order valence-electron chi connectivity index (χ0n) is 14.8. The summed E-state index contributed by atoms with van der Waals surface area (Å²) < 4.78 is 0. The molecule has 0 bridgehead atoms. The van der Waals surface area contributed by atoms with Gasteiger partial charge in [0.2, 0.25) is 5.91 Å². The maximum Gasteiger partial charge on any atom is 0.251 e. The predicted molar refractivity (Wildman–Crippen MR) is 99.8 cm³/mol. The molecule has 0 radical (unpaired) electrons. The standard InChI is InChI=1S/C19H23N3O2S/c1-4-8-22-11-16(10-17(22)23)21-18(24)14-6-5-7-15(9-14)19-20-12(2)13(3)25-19/h5-7,9,16H,4,8,10-11H2,1-3H3,(H,21,24). The number of likely N-dealkylation sites (tertiary alicyclic amines) is 1. The van der Waals surface area contributed by atoms with Crippen molar-refractivity contribution in [1.82, 2.24) is 15.2 Å². The van der Waals surface area contributed by atoms with Gasteiger partial charge in [0.05, 0.1) is 11.7 Å². The smallest absolute Gasteiger partial charge is 0.251 e. The molecule has 132 valence electrons. The minimum atomic E-state index is -0.136. The van der Waals surface area contributed by atoms with E-state index in [1.807, 2.05) is 43.9 Å². The largest absolute Gasteiger partial charge is 0.347 e. The Labute approximate surface area is 152 Å². The van der Waals surface area contributed by atoms with Gasteiger partial charge in [0.25, 0.3) is 5.91 Å². The molecule has 1 N–H and O–H groups in total. The molecule has 1 aromatic heterocycles. The van der Waals surface area contributed by atoms with Crippen molar-refractivity contribution in [2.45, 2.75) is 39.7 Å². The van der Waals surface area contributed by atoms with Crippen molar-refractivity contribution in [3.63, 3.8) is 0 Å². The van der Waals surface area contributed by atoms with Crippen LogP contribution in [0.15, 0.2) is 24.3 Å². The van der Waals surface area contributed by atoms with Crippen molar-refractivity contribution < 1.29 is 9.59 Å². The van der Waals surface area contributed by atoms with Gasteiger partial charge in [0, 0.05) is 35.5 Å². The minimum absolute atomic E-state index is 0.112. The van der Waals surface area contributed by atoms with E-state index in [0.29, 0.717) is 18.5 Å². The third-order valence-electron chi connectivity index (χ3n) is 4.44. The number of benzene rings is 1. The first-order valence-electron chi connectivity index (χ1n) is 8.61. The third kappa shape index (κ3) is 3.90. The van der Waals surface area contributed by atoms with Gasteiger partial charge in [0.1, 0.15) is 5.01 Å². The second-order valence-corrected chi connectivity index (χ2v) is 7.66. The molecular weight excluding hydrogens is 334 g/mol. The maximum atomic E-state index is 12.6. The van der Waals surface area contributed by atoms with Gasteiger partial charge in [-0.3, -0.25) is 9.59 Å². The molecule has 25 heavy (non-hydrogen) atoms. The molecule has 2 heterocycles. The fourth-order valence-electron chi connectivity index (χ4n) is 3.01. The molecule has 1 aromatic carbocycles. The van der Waals surface area contributed by atoms with Crippen LogP contribution in [0, 0.1) is 13.8 Å². The fraction of sp³-hybridized carbons (Fsp3) is 0.421. The van der Waals surface area contributed by atoms with Crippen molar-refractivity contribution in [2.24, 2.45) is 0 Å². The van der Waals surface area contributed by atoms with E-state index in [-0.39, 0.29) is 17.9 Å². The molecule has 0 saturated carbocycles. The maximum absolute atomic E-state index is 12.6. The molecule has 1 unspecified atom stereocenters. The lowest BCUT2D eigenvalue weighted by Gasteiger charge is -2.16. The lowest BCUT2D eigenvalue weighted by atomic mass is 10.1. The van der Waals surface area contributed by atoms with Crippen LogP contribution in [0.5, 0.6) is 0 Å². The SMILES string of the molecule is CCCN1CC(NC(=O)c2cccc(-c3nc(C)c(C)s3)c2)CC1=O. The van der Waals surface area contributed by atoms with Crippen LogP contribution in [0.2, 0.25) is 0 Å². The Morgan fingerprint density at radius 3 is 2.88 bits per heavy atom. The summed E-state index contributed by atoms with van der Waals surface area (Å²) in [6, 6.07) is 7.40. The van der Waals surface area contributed by atoms with Gasteiger partial charge in [-0.25, -0.2) is 4.98 Å². The van der Waals surface area contributed by atoms with Gasteiger partial charge in [-0.05, 0) is 32.4 Å². The summed E-state index contributed by atoms with van der Waals surface area (Å²) in [4.78, 5) is 32.1. The van der Waals surface area contributed by atoms with Crippen LogP contribution in [0.4, 0.5) is 0 Å². The predicted octanol–water partition coefficient (Wildman–Crippen LogP) is 3.17. The highest BCUT2D eigenvalue weighted by Crippen LogP contribution is 2.27. The van der Waals surface area contributed by atoms with Gasteiger partial charge in [-0.1, -0.05) is 19.1 Å². The number of carbonyl (C=O) groups excluding carboxylic acids is 2. The van der Waals surface area contributed by atoms with E-state index in [2.05, 4.69) is 10.3 Å². The Balaban J connectivity index is 1.71. The number of thiazole rings is 1. The van der Waals surface area contributed by atoms with E-state index in [9.17, 15) is 9.59 Å². The van der Waals surface area contributed by atoms with Gasteiger partial charge < -0.3 is 10.2 Å². The third-order valence-corrected chi connectivity index (χ3v) is 5.57. The van der Waals surface area contributed by atoms with Crippen LogP contribution in [0.3, 0.4) is 0 Å². The Morgan fingerprint density at radius 1 is 1.40 bits per heavy atom. The molecule has 3 rings (SSSR count). The molecule has 1 saturated heterocycles. The topological polar surface area (TPSA) is 62.3 Å². The van der Waals surface area contributed by atoms with Gasteiger partial charge in [-0.15, -0.1) is 11.3 Å². The summed E-state index contributed by atoms with van der Waals surface area (Å²) in [5.74, 6) is -0.0161. The number of hydrogen-bond acceptors (Lipinski definition) is 4. The summed E-state index contributed by atoms with van der Waals surface area (Å²) in [6.45, 7) is 7.44. The van der Waals surface area contributed by atoms with Crippen LogP contribution in [-0.2, 0) is 4.79 Å². The number of amides is 2. The highest BCUT2D eigenvalue weighted by atomic mass is 32.1. The first kappa shape index (κ1) is 17.6. The summed E-state index contributed by atoms with van der Waals surface area (Å²) in [5, 5.41) is 3.92. The number of hydrogen-bond donors (Lipinski definition) is 1. The molecule has 0 aliphatic carbocycles. The Morgan fingerprint density at radius 2 is 2.20 bits per heavy atom. The van der Waals surface area contributed by atoms with Crippen molar-refractivity contribution in [2.75, 3.05) is 13.1 Å². The number of carbonyl (C=O) groups is 2. The van der Waals surface area contributed by atoms with E-state index in [1.54, 1.807) is 17.4 Å². The molecule has 0 spiro atoms.